The van der Waals surface area contributed by atoms with Crippen molar-refractivity contribution in [3.8, 4) is 59.2 Å². The van der Waals surface area contributed by atoms with Crippen LogP contribution in [0.4, 0.5) is 4.79 Å². The van der Waals surface area contributed by atoms with Gasteiger partial charge in [0.05, 0.1) is 6.61 Å². The Kier molecular flexibility index (Phi) is 26.3. The molecule has 0 amide bonds. The second-order valence-corrected chi connectivity index (χ2v) is 14.3. The van der Waals surface area contributed by atoms with Crippen LogP contribution < -0.4 is 0 Å². The molecule has 10 N–H and O–H groups in total. The van der Waals surface area contributed by atoms with Crippen LogP contribution in [0.25, 0.3) is 0 Å². The second-order valence-electron chi connectivity index (χ2n) is 9.37. The van der Waals surface area contributed by atoms with Gasteiger partial charge in [0.2, 0.25) is 0 Å². The van der Waals surface area contributed by atoms with Crippen molar-refractivity contribution in [2.75, 3.05) is 13.2 Å². The van der Waals surface area contributed by atoms with E-state index in [1.807, 2.05) is 11.8 Å². The van der Waals surface area contributed by atoms with Gasteiger partial charge in [-0.1, -0.05) is 5.92 Å². The standard InChI is InChI=1S/C22H24O36P4/c1-2-3-4-5-6-7-8-9-10-11-15(23)39-12-14(41-22(26)42-48-50-52-54-56-58-57-55-53-51-49-47-27)13-40-62(37,38)46-18-16(24)19(43-59(28,29)30)21(45-61(34,35)36)20(17(18)25)44-60(31,32)33/h14,16-21,24-25,27H,12-13H2,1H3,(H,37,38)(H2,28,29,30)(H2,31,32,33)(H2,34,35,36)/t14-,16-,17?,18?,19?,20+,21-/m1/s1. The molecule has 36 nitrogen and oxygen atoms in total. The third-order valence-electron chi connectivity index (χ3n) is 5.25. The summed E-state index contributed by atoms with van der Waals surface area (Å²) < 4.78 is 78.8. The molecule has 0 aliphatic heterocycles. The van der Waals surface area contributed by atoms with Gasteiger partial charge < -0.3 is 53.9 Å². The van der Waals surface area contributed by atoms with Crippen molar-refractivity contribution in [1.82, 2.24) is 0 Å². The summed E-state index contributed by atoms with van der Waals surface area (Å²) in [5, 5.41) is 70.4. The topological polar surface area (TPSA) is 489 Å². The highest BCUT2D eigenvalue weighted by Gasteiger charge is 2.59. The van der Waals surface area contributed by atoms with Crippen molar-refractivity contribution >= 4 is 43.4 Å². The zero-order valence-corrected chi connectivity index (χ0v) is 32.9. The Balaban J connectivity index is 3.13. The molecule has 4 unspecified atom stereocenters. The summed E-state index contributed by atoms with van der Waals surface area (Å²) in [5.74, 6) is 20.8. The molecule has 1 fully saturated rings. The summed E-state index contributed by atoms with van der Waals surface area (Å²) >= 11 is 0. The smallest absolute Gasteiger partial charge is 0.452 e. The quantitative estimate of drug-likeness (QED) is 0.00762. The monoisotopic (exact) mass is 988 g/mol. The van der Waals surface area contributed by atoms with Crippen LogP contribution in [0.15, 0.2) is 0 Å². The molecule has 0 radical (unpaired) electrons. The first-order valence-electron chi connectivity index (χ1n) is 14.3. The molecule has 0 heterocycles. The van der Waals surface area contributed by atoms with E-state index in [1.165, 1.54) is 6.92 Å². The lowest BCUT2D eigenvalue weighted by Crippen LogP contribution is -2.65. The van der Waals surface area contributed by atoms with Gasteiger partial charge in [-0.05, 0) is 84.5 Å². The lowest BCUT2D eigenvalue weighted by atomic mass is 9.85. The van der Waals surface area contributed by atoms with Crippen LogP contribution in [-0.4, -0.2) is 118 Å². The molecule has 40 heteroatoms. The molecular weight excluding hydrogens is 964 g/mol. The molecule has 1 saturated carbocycles. The van der Waals surface area contributed by atoms with Gasteiger partial charge in [0.25, 0.3) is 0 Å². The number of carbonyl (C=O) groups excluding carboxylic acids is 2. The minimum absolute atomic E-state index is 1.18. The number of esters is 1. The first-order valence-corrected chi connectivity index (χ1v) is 20.4. The number of ether oxygens (including phenoxy) is 2. The normalized spacial score (nSPS) is 21.2. The van der Waals surface area contributed by atoms with E-state index in [2.05, 4.69) is 145 Å². The fraction of sp³-hybridized carbons (Fsp3) is 0.455. The van der Waals surface area contributed by atoms with E-state index in [4.69, 9.17) is 5.26 Å². The zero-order valence-electron chi connectivity index (χ0n) is 29.3. The molecule has 348 valence electrons. The molecule has 0 spiro atoms. The predicted octanol–water partition coefficient (Wildman–Crippen LogP) is -3.59. The van der Waals surface area contributed by atoms with Crippen LogP contribution in [0.1, 0.15) is 6.92 Å². The Bertz CT molecular complexity index is 1910. The number of carbonyl (C=O) groups is 2. The molecular formula is C22H24O36P4. The van der Waals surface area contributed by atoms with E-state index >= 15 is 0 Å². The zero-order chi connectivity index (χ0) is 46.8. The van der Waals surface area contributed by atoms with Crippen LogP contribution in [0.3, 0.4) is 0 Å². The van der Waals surface area contributed by atoms with Gasteiger partial charge in [-0.2, -0.15) is 0 Å². The van der Waals surface area contributed by atoms with Crippen molar-refractivity contribution in [3.05, 3.63) is 0 Å². The number of aliphatic hydroxyl groups excluding tert-OH is 2. The number of phosphoric ester groups is 4. The van der Waals surface area contributed by atoms with Gasteiger partial charge in [0.1, 0.15) is 43.2 Å². The highest BCUT2D eigenvalue weighted by atomic mass is 31.2. The fourth-order valence-electron chi connectivity index (χ4n) is 3.44. The highest BCUT2D eigenvalue weighted by Crippen LogP contribution is 2.53. The van der Waals surface area contributed by atoms with Gasteiger partial charge >= 0.3 is 43.4 Å². The minimum atomic E-state index is -5.92. The fourth-order valence-corrected chi connectivity index (χ4v) is 6.10. The second kappa shape index (κ2) is 28.9. The minimum Gasteiger partial charge on any atom is -0.452 e. The number of rotatable bonds is 26. The number of hydrogen-bond acceptors (Lipinski definition) is 29. The van der Waals surface area contributed by atoms with E-state index in [0.29, 0.717) is 0 Å². The van der Waals surface area contributed by atoms with Gasteiger partial charge in [-0.25, -0.2) is 38.0 Å². The Hall–Kier alpha value is -3.62. The summed E-state index contributed by atoms with van der Waals surface area (Å²) in [6.07, 6.45) is -21.5. The summed E-state index contributed by atoms with van der Waals surface area (Å²) in [4.78, 5) is 94.1. The van der Waals surface area contributed by atoms with Gasteiger partial charge in [0, 0.05) is 36.2 Å². The van der Waals surface area contributed by atoms with Crippen molar-refractivity contribution < 1.29 is 175 Å². The molecule has 1 aliphatic rings. The predicted molar refractivity (Wildman–Crippen MR) is 166 cm³/mol. The molecule has 62 heavy (non-hydrogen) atoms. The largest absolute Gasteiger partial charge is 0.543 e. The first kappa shape index (κ1) is 56.4. The molecule has 0 aromatic rings. The lowest BCUT2D eigenvalue weighted by Gasteiger charge is -2.45. The Morgan fingerprint density at radius 2 is 0.968 bits per heavy atom. The Morgan fingerprint density at radius 1 is 0.548 bits per heavy atom. The maximum Gasteiger partial charge on any atom is 0.543 e. The maximum absolute atomic E-state index is 12.9. The maximum atomic E-state index is 12.9. The molecule has 0 bridgehead atoms. The third kappa shape index (κ3) is 26.8. The van der Waals surface area contributed by atoms with E-state index in [9.17, 15) is 72.3 Å². The summed E-state index contributed by atoms with van der Waals surface area (Å²) in [6, 6.07) is 0. The van der Waals surface area contributed by atoms with Crippen LogP contribution in [-0.2, 0) is 120 Å². The van der Waals surface area contributed by atoms with E-state index in [-0.39, 0.29) is 0 Å². The highest BCUT2D eigenvalue weighted by molar-refractivity contribution is 7.47. The molecule has 1 aliphatic carbocycles. The lowest BCUT2D eigenvalue weighted by molar-refractivity contribution is -0.874. The first-order chi connectivity index (χ1) is 29.0. The van der Waals surface area contributed by atoms with E-state index in [0.717, 1.165) is 0 Å². The molecule has 0 aromatic heterocycles. The van der Waals surface area contributed by atoms with Crippen molar-refractivity contribution in [2.45, 2.75) is 49.7 Å². The molecule has 0 aromatic carbocycles. The summed E-state index contributed by atoms with van der Waals surface area (Å²) in [7, 11) is -23.6. The van der Waals surface area contributed by atoms with E-state index in [1.54, 1.807) is 0 Å². The molecule has 1 rings (SSSR count). The van der Waals surface area contributed by atoms with Crippen molar-refractivity contribution in [2.24, 2.45) is 0 Å². The third-order valence-corrected chi connectivity index (χ3v) is 7.79. The molecule has 8 atom stereocenters. The van der Waals surface area contributed by atoms with Crippen molar-refractivity contribution in [3.63, 3.8) is 0 Å². The number of aliphatic hydroxyl groups is 2. The summed E-state index contributed by atoms with van der Waals surface area (Å²) in [5.41, 5.74) is 0. The van der Waals surface area contributed by atoms with Crippen LogP contribution in [0, 0.1) is 59.2 Å². The van der Waals surface area contributed by atoms with Gasteiger partial charge in [-0.15, -0.1) is 0 Å². The number of phosphoric acid groups is 4. The number of hydrogen-bond donors (Lipinski definition) is 10. The van der Waals surface area contributed by atoms with Crippen LogP contribution in [0.5, 0.6) is 0 Å². The summed E-state index contributed by atoms with van der Waals surface area (Å²) in [6.45, 7) is -1.11. The Morgan fingerprint density at radius 3 is 1.42 bits per heavy atom. The van der Waals surface area contributed by atoms with Gasteiger partial charge in [-0.3, -0.25) is 22.6 Å². The average Bonchev–Trinajstić information content (AvgIpc) is 3.16. The van der Waals surface area contributed by atoms with Gasteiger partial charge in [0.15, 0.2) is 6.10 Å². The van der Waals surface area contributed by atoms with Crippen LogP contribution in [0.2, 0.25) is 0 Å². The van der Waals surface area contributed by atoms with Crippen molar-refractivity contribution in [1.29, 1.82) is 0 Å². The Labute approximate surface area is 340 Å². The van der Waals surface area contributed by atoms with E-state index < -0.39 is 99.4 Å². The average molecular weight is 988 g/mol. The SMILES string of the molecule is CC#CC#CC#CC#CC#CC(=O)OC[C@H](COP(=O)(O)OC1C(O)[C@H](OP(=O)(O)O)[C@H](OP(=O)(O)O)C(OP(=O)(O)O)[C@@H]1O)OC(=O)OOOOOOOOOOOOOO. The van der Waals surface area contributed by atoms with Crippen LogP contribution >= 0.6 is 31.3 Å². The molecule has 0 saturated heterocycles.